The maximum atomic E-state index is 12.0. The Hall–Kier alpha value is -2.54. The number of anilines is 1. The summed E-state index contributed by atoms with van der Waals surface area (Å²) < 4.78 is 11.3. The first-order chi connectivity index (χ1) is 11.6. The molecule has 0 bridgehead atoms. The number of ether oxygens (including phenoxy) is 2. The van der Waals surface area contributed by atoms with Crippen molar-refractivity contribution in [2.75, 3.05) is 18.7 Å². The third-order valence-electron chi connectivity index (χ3n) is 3.38. The molecule has 0 saturated carbocycles. The van der Waals surface area contributed by atoms with Gasteiger partial charge in [-0.2, -0.15) is 0 Å². The minimum absolute atomic E-state index is 0.175. The van der Waals surface area contributed by atoms with Crippen LogP contribution in [0.4, 0.5) is 5.69 Å². The number of fused-ring (bicyclic) bond motifs is 1. The first-order valence-electron chi connectivity index (χ1n) is 7.35. The van der Waals surface area contributed by atoms with Gasteiger partial charge in [0.1, 0.15) is 0 Å². The van der Waals surface area contributed by atoms with Crippen molar-refractivity contribution in [1.82, 2.24) is 5.32 Å². The van der Waals surface area contributed by atoms with Crippen LogP contribution in [0.15, 0.2) is 46.9 Å². The lowest BCUT2D eigenvalue weighted by Crippen LogP contribution is -2.27. The summed E-state index contributed by atoms with van der Waals surface area (Å²) in [6, 6.07) is 12.3. The number of benzene rings is 2. The molecule has 0 radical (unpaired) electrons. The molecule has 0 spiro atoms. The summed E-state index contributed by atoms with van der Waals surface area (Å²) in [7, 11) is 0. The van der Waals surface area contributed by atoms with Gasteiger partial charge in [-0.15, -0.1) is 0 Å². The van der Waals surface area contributed by atoms with Gasteiger partial charge in [0, 0.05) is 34.8 Å². The van der Waals surface area contributed by atoms with Crippen LogP contribution >= 0.6 is 15.9 Å². The van der Waals surface area contributed by atoms with Crippen molar-refractivity contribution >= 4 is 33.4 Å². The summed E-state index contributed by atoms with van der Waals surface area (Å²) in [5.41, 5.74) is 1.17. The lowest BCUT2D eigenvalue weighted by Gasteiger charge is -2.07. The van der Waals surface area contributed by atoms with Crippen LogP contribution in [-0.4, -0.2) is 25.2 Å². The average Bonchev–Trinajstić information content (AvgIpc) is 3.02. The molecule has 0 unspecified atom stereocenters. The predicted octanol–water partition coefficient (Wildman–Crippen LogP) is 2.94. The maximum absolute atomic E-state index is 12.0. The third kappa shape index (κ3) is 4.05. The number of hydrogen-bond donors (Lipinski definition) is 2. The molecule has 0 aromatic heterocycles. The molecule has 0 saturated heterocycles. The number of halogens is 1. The summed E-state index contributed by atoms with van der Waals surface area (Å²) in [4.78, 5) is 23.9. The largest absolute Gasteiger partial charge is 0.454 e. The van der Waals surface area contributed by atoms with E-state index in [1.165, 1.54) is 0 Å². The van der Waals surface area contributed by atoms with Crippen molar-refractivity contribution < 1.29 is 19.1 Å². The summed E-state index contributed by atoms with van der Waals surface area (Å²) in [5.74, 6) is 0.862. The SMILES string of the molecule is O=C(CCNC(=O)c1cccc(Br)c1)Nc1ccc2c(c1)OCO2. The zero-order valence-electron chi connectivity index (χ0n) is 12.7. The van der Waals surface area contributed by atoms with Crippen molar-refractivity contribution in [2.45, 2.75) is 6.42 Å². The number of carbonyl (C=O) groups excluding carboxylic acids is 2. The van der Waals surface area contributed by atoms with E-state index in [-0.39, 0.29) is 31.6 Å². The van der Waals surface area contributed by atoms with Crippen LogP contribution in [0.2, 0.25) is 0 Å². The summed E-state index contributed by atoms with van der Waals surface area (Å²) in [6.45, 7) is 0.441. The Labute approximate surface area is 147 Å². The van der Waals surface area contributed by atoms with Crippen molar-refractivity contribution in [2.24, 2.45) is 0 Å². The van der Waals surface area contributed by atoms with Gasteiger partial charge < -0.3 is 20.1 Å². The molecule has 1 aliphatic rings. The number of hydrogen-bond acceptors (Lipinski definition) is 4. The molecule has 1 heterocycles. The molecule has 6 nitrogen and oxygen atoms in total. The zero-order valence-corrected chi connectivity index (χ0v) is 14.3. The van der Waals surface area contributed by atoms with Crippen LogP contribution in [0.1, 0.15) is 16.8 Å². The normalized spacial score (nSPS) is 11.9. The summed E-state index contributed by atoms with van der Waals surface area (Å²) >= 11 is 3.32. The van der Waals surface area contributed by atoms with E-state index in [9.17, 15) is 9.59 Å². The second kappa shape index (κ2) is 7.35. The lowest BCUT2D eigenvalue weighted by atomic mass is 10.2. The van der Waals surface area contributed by atoms with Gasteiger partial charge in [0.25, 0.3) is 5.91 Å². The average molecular weight is 391 g/mol. The van der Waals surface area contributed by atoms with Gasteiger partial charge >= 0.3 is 0 Å². The smallest absolute Gasteiger partial charge is 0.251 e. The van der Waals surface area contributed by atoms with Crippen LogP contribution in [0.25, 0.3) is 0 Å². The molecule has 3 rings (SSSR count). The van der Waals surface area contributed by atoms with E-state index in [1.807, 2.05) is 6.07 Å². The van der Waals surface area contributed by atoms with Crippen molar-refractivity contribution in [3.8, 4) is 11.5 Å². The molecular formula is C17H15BrN2O4. The third-order valence-corrected chi connectivity index (χ3v) is 3.87. The van der Waals surface area contributed by atoms with Gasteiger partial charge in [0.05, 0.1) is 0 Å². The van der Waals surface area contributed by atoms with Gasteiger partial charge in [-0.05, 0) is 30.3 Å². The van der Waals surface area contributed by atoms with Gasteiger partial charge in [-0.3, -0.25) is 9.59 Å². The molecule has 2 aromatic carbocycles. The number of carbonyl (C=O) groups is 2. The van der Waals surface area contributed by atoms with Gasteiger partial charge in [0.15, 0.2) is 11.5 Å². The van der Waals surface area contributed by atoms with E-state index < -0.39 is 0 Å². The van der Waals surface area contributed by atoms with E-state index in [0.717, 1.165) is 4.47 Å². The van der Waals surface area contributed by atoms with E-state index in [2.05, 4.69) is 26.6 Å². The summed E-state index contributed by atoms with van der Waals surface area (Å²) in [6.07, 6.45) is 0.175. The predicted molar refractivity (Wildman–Crippen MR) is 92.3 cm³/mol. The molecule has 24 heavy (non-hydrogen) atoms. The highest BCUT2D eigenvalue weighted by atomic mass is 79.9. The minimum atomic E-state index is -0.216. The Bertz CT molecular complexity index is 779. The highest BCUT2D eigenvalue weighted by molar-refractivity contribution is 9.10. The van der Waals surface area contributed by atoms with E-state index in [0.29, 0.717) is 22.7 Å². The topological polar surface area (TPSA) is 76.7 Å². The van der Waals surface area contributed by atoms with Crippen LogP contribution in [0, 0.1) is 0 Å². The lowest BCUT2D eigenvalue weighted by molar-refractivity contribution is -0.116. The van der Waals surface area contributed by atoms with Crippen LogP contribution in [0.3, 0.4) is 0 Å². The molecular weight excluding hydrogens is 376 g/mol. The van der Waals surface area contributed by atoms with Crippen LogP contribution in [0.5, 0.6) is 11.5 Å². The Morgan fingerprint density at radius 3 is 2.75 bits per heavy atom. The Kier molecular flexibility index (Phi) is 5.00. The monoisotopic (exact) mass is 390 g/mol. The Balaban J connectivity index is 1.46. The molecule has 0 fully saturated rings. The van der Waals surface area contributed by atoms with Crippen LogP contribution < -0.4 is 20.1 Å². The maximum Gasteiger partial charge on any atom is 0.251 e. The molecule has 0 aliphatic carbocycles. The number of nitrogens with one attached hydrogen (secondary N) is 2. The first kappa shape index (κ1) is 16.3. The highest BCUT2D eigenvalue weighted by Crippen LogP contribution is 2.34. The second-order valence-electron chi connectivity index (χ2n) is 5.13. The highest BCUT2D eigenvalue weighted by Gasteiger charge is 2.14. The van der Waals surface area contributed by atoms with Crippen LogP contribution in [-0.2, 0) is 4.79 Å². The van der Waals surface area contributed by atoms with Gasteiger partial charge in [0.2, 0.25) is 12.7 Å². The number of amides is 2. The fraction of sp³-hybridized carbons (Fsp3) is 0.176. The molecule has 2 amide bonds. The minimum Gasteiger partial charge on any atom is -0.454 e. The van der Waals surface area contributed by atoms with Crippen molar-refractivity contribution in [3.05, 3.63) is 52.5 Å². The quantitative estimate of drug-likeness (QED) is 0.822. The van der Waals surface area contributed by atoms with Crippen molar-refractivity contribution in [1.29, 1.82) is 0 Å². The van der Waals surface area contributed by atoms with E-state index >= 15 is 0 Å². The van der Waals surface area contributed by atoms with E-state index in [4.69, 9.17) is 9.47 Å². The number of rotatable bonds is 5. The Morgan fingerprint density at radius 1 is 1.08 bits per heavy atom. The fourth-order valence-corrected chi connectivity index (χ4v) is 2.62. The molecule has 124 valence electrons. The van der Waals surface area contributed by atoms with E-state index in [1.54, 1.807) is 36.4 Å². The molecule has 2 N–H and O–H groups in total. The molecule has 0 atom stereocenters. The molecule has 7 heteroatoms. The van der Waals surface area contributed by atoms with Crippen molar-refractivity contribution in [3.63, 3.8) is 0 Å². The van der Waals surface area contributed by atoms with Gasteiger partial charge in [-0.1, -0.05) is 22.0 Å². The first-order valence-corrected chi connectivity index (χ1v) is 8.14. The molecule has 1 aliphatic heterocycles. The second-order valence-corrected chi connectivity index (χ2v) is 6.05. The Morgan fingerprint density at radius 2 is 1.92 bits per heavy atom. The summed E-state index contributed by atoms with van der Waals surface area (Å²) in [5, 5.41) is 5.48. The fourth-order valence-electron chi connectivity index (χ4n) is 2.22. The molecule has 2 aromatic rings. The zero-order chi connectivity index (χ0) is 16.9. The standard InChI is InChI=1S/C17H15BrN2O4/c18-12-3-1-2-11(8-12)17(22)19-7-6-16(21)20-13-4-5-14-15(9-13)24-10-23-14/h1-5,8-9H,6-7,10H2,(H,19,22)(H,20,21). The van der Waals surface area contributed by atoms with Gasteiger partial charge in [-0.25, -0.2) is 0 Å².